The molecule has 1 heterocycles. The molecule has 3 aromatic rings. The Balaban J connectivity index is 1.46. The number of rotatable bonds is 5. The molecule has 3 aromatic carbocycles. The van der Waals surface area contributed by atoms with Gasteiger partial charge in [0.2, 0.25) is 0 Å². The normalized spacial score (nSPS) is 13.0. The monoisotopic (exact) mass is 357 g/mol. The van der Waals surface area contributed by atoms with Gasteiger partial charge in [0.15, 0.2) is 0 Å². The number of methoxy groups -OCH3 is 1. The molecule has 0 N–H and O–H groups in total. The van der Waals surface area contributed by atoms with E-state index in [0.717, 1.165) is 24.2 Å². The van der Waals surface area contributed by atoms with Crippen molar-refractivity contribution in [1.29, 1.82) is 0 Å². The quantitative estimate of drug-likeness (QED) is 0.640. The molecule has 4 heteroatoms. The van der Waals surface area contributed by atoms with E-state index in [-0.39, 0.29) is 11.8 Å². The zero-order chi connectivity index (χ0) is 18.8. The van der Waals surface area contributed by atoms with E-state index in [1.807, 2.05) is 36.4 Å². The molecule has 27 heavy (non-hydrogen) atoms. The fourth-order valence-corrected chi connectivity index (χ4v) is 3.32. The zero-order valence-corrected chi connectivity index (χ0v) is 15.0. The fourth-order valence-electron chi connectivity index (χ4n) is 3.32. The summed E-state index contributed by atoms with van der Waals surface area (Å²) < 4.78 is 5.17. The molecular weight excluding hydrogens is 338 g/mol. The first-order chi connectivity index (χ1) is 13.2. The molecule has 0 aromatic heterocycles. The van der Waals surface area contributed by atoms with Crippen molar-refractivity contribution in [3.05, 3.63) is 95.1 Å². The minimum Gasteiger partial charge on any atom is -0.497 e. The Morgan fingerprint density at radius 3 is 1.67 bits per heavy atom. The maximum atomic E-state index is 12.6. The third-order valence-corrected chi connectivity index (χ3v) is 4.85. The lowest BCUT2D eigenvalue weighted by Gasteiger charge is -2.14. The maximum Gasteiger partial charge on any atom is 0.266 e. The average molecular weight is 357 g/mol. The largest absolute Gasteiger partial charge is 0.497 e. The van der Waals surface area contributed by atoms with Crippen LogP contribution in [0, 0.1) is 0 Å². The van der Waals surface area contributed by atoms with E-state index >= 15 is 0 Å². The summed E-state index contributed by atoms with van der Waals surface area (Å²) in [5, 5.41) is 0. The molecular formula is C23H19NO3. The number of anilines is 1. The summed E-state index contributed by atoms with van der Waals surface area (Å²) in [6.45, 7) is 0. The van der Waals surface area contributed by atoms with Crippen LogP contribution in [-0.4, -0.2) is 18.9 Å². The number of ether oxygens (including phenoxy) is 1. The molecule has 4 nitrogen and oxygen atoms in total. The van der Waals surface area contributed by atoms with Crippen LogP contribution in [0.25, 0.3) is 0 Å². The zero-order valence-electron chi connectivity index (χ0n) is 15.0. The Labute approximate surface area is 158 Å². The molecule has 1 aliphatic heterocycles. The van der Waals surface area contributed by atoms with Crippen molar-refractivity contribution in [2.24, 2.45) is 0 Å². The second kappa shape index (κ2) is 7.08. The number of hydrogen-bond donors (Lipinski definition) is 0. The maximum absolute atomic E-state index is 12.6. The molecule has 0 bridgehead atoms. The van der Waals surface area contributed by atoms with Crippen LogP contribution in [0.4, 0.5) is 5.69 Å². The lowest BCUT2D eigenvalue weighted by Crippen LogP contribution is -2.29. The molecule has 2 amide bonds. The molecule has 0 aliphatic carbocycles. The lowest BCUT2D eigenvalue weighted by atomic mass is 10.0. The number of benzene rings is 3. The number of fused-ring (bicyclic) bond motifs is 1. The standard InChI is InChI=1S/C23H19NO3/c1-27-19-14-10-17(11-15-19)7-6-16-8-12-18(13-9-16)24-22(25)20-4-2-3-5-21(20)23(24)26/h2-5,8-15H,6-7H2,1H3. The minimum absolute atomic E-state index is 0.262. The van der Waals surface area contributed by atoms with Gasteiger partial charge in [-0.25, -0.2) is 4.90 Å². The van der Waals surface area contributed by atoms with Gasteiger partial charge in [0, 0.05) is 0 Å². The van der Waals surface area contributed by atoms with Crippen LogP contribution < -0.4 is 9.64 Å². The van der Waals surface area contributed by atoms with Crippen LogP contribution in [0.1, 0.15) is 31.8 Å². The SMILES string of the molecule is COc1ccc(CCc2ccc(N3C(=O)c4ccccc4C3=O)cc2)cc1. The Bertz CT molecular complexity index is 956. The summed E-state index contributed by atoms with van der Waals surface area (Å²) in [4.78, 5) is 26.3. The summed E-state index contributed by atoms with van der Waals surface area (Å²) in [5.74, 6) is 0.326. The van der Waals surface area contributed by atoms with Crippen molar-refractivity contribution in [1.82, 2.24) is 0 Å². The Morgan fingerprint density at radius 1 is 0.704 bits per heavy atom. The van der Waals surface area contributed by atoms with Gasteiger partial charge >= 0.3 is 0 Å². The number of imide groups is 1. The van der Waals surface area contributed by atoms with Crippen LogP contribution in [0.5, 0.6) is 5.75 Å². The number of carbonyl (C=O) groups is 2. The summed E-state index contributed by atoms with van der Waals surface area (Å²) in [7, 11) is 1.66. The number of carbonyl (C=O) groups excluding carboxylic acids is 2. The van der Waals surface area contributed by atoms with Crippen molar-refractivity contribution >= 4 is 17.5 Å². The Morgan fingerprint density at radius 2 is 1.19 bits per heavy atom. The van der Waals surface area contributed by atoms with Gasteiger partial charge < -0.3 is 4.74 Å². The third kappa shape index (κ3) is 3.22. The first-order valence-corrected chi connectivity index (χ1v) is 8.87. The molecule has 4 rings (SSSR count). The molecule has 0 saturated heterocycles. The summed E-state index contributed by atoms with van der Waals surface area (Å²) in [6.07, 6.45) is 1.80. The van der Waals surface area contributed by atoms with Crippen LogP contribution in [0.2, 0.25) is 0 Å². The number of hydrogen-bond acceptors (Lipinski definition) is 3. The molecule has 134 valence electrons. The third-order valence-electron chi connectivity index (χ3n) is 4.85. The van der Waals surface area contributed by atoms with Crippen molar-refractivity contribution < 1.29 is 14.3 Å². The minimum atomic E-state index is -0.262. The molecule has 0 saturated carbocycles. The van der Waals surface area contributed by atoms with Gasteiger partial charge in [0.1, 0.15) is 5.75 Å². The predicted octanol–water partition coefficient (Wildman–Crippen LogP) is 4.28. The van der Waals surface area contributed by atoms with E-state index in [9.17, 15) is 9.59 Å². The highest BCUT2D eigenvalue weighted by molar-refractivity contribution is 6.34. The van der Waals surface area contributed by atoms with Crippen LogP contribution in [0.3, 0.4) is 0 Å². The van der Waals surface area contributed by atoms with E-state index in [4.69, 9.17) is 4.74 Å². The first-order valence-electron chi connectivity index (χ1n) is 8.87. The number of aryl methyl sites for hydroxylation is 2. The molecule has 1 aliphatic rings. The van der Waals surface area contributed by atoms with E-state index < -0.39 is 0 Å². The summed E-state index contributed by atoms with van der Waals surface area (Å²) in [6, 6.07) is 22.6. The summed E-state index contributed by atoms with van der Waals surface area (Å²) in [5.41, 5.74) is 3.93. The van der Waals surface area contributed by atoms with Gasteiger partial charge in [-0.1, -0.05) is 36.4 Å². The molecule has 0 unspecified atom stereocenters. The van der Waals surface area contributed by atoms with Gasteiger partial charge in [-0.3, -0.25) is 9.59 Å². The molecule has 0 radical (unpaired) electrons. The van der Waals surface area contributed by atoms with Crippen molar-refractivity contribution in [2.45, 2.75) is 12.8 Å². The number of nitrogens with zero attached hydrogens (tertiary/aromatic N) is 1. The smallest absolute Gasteiger partial charge is 0.266 e. The topological polar surface area (TPSA) is 46.6 Å². The van der Waals surface area contributed by atoms with Gasteiger partial charge in [-0.15, -0.1) is 0 Å². The average Bonchev–Trinajstić information content (AvgIpc) is 2.98. The highest BCUT2D eigenvalue weighted by Crippen LogP contribution is 2.28. The van der Waals surface area contributed by atoms with Crippen LogP contribution >= 0.6 is 0 Å². The molecule has 0 atom stereocenters. The van der Waals surface area contributed by atoms with E-state index in [1.165, 1.54) is 10.5 Å². The van der Waals surface area contributed by atoms with Crippen molar-refractivity contribution in [3.8, 4) is 5.75 Å². The molecule has 0 fully saturated rings. The van der Waals surface area contributed by atoms with E-state index in [2.05, 4.69) is 12.1 Å². The first kappa shape index (κ1) is 17.0. The van der Waals surface area contributed by atoms with Crippen LogP contribution in [-0.2, 0) is 12.8 Å². The van der Waals surface area contributed by atoms with Crippen molar-refractivity contribution in [2.75, 3.05) is 12.0 Å². The second-order valence-electron chi connectivity index (χ2n) is 6.51. The summed E-state index contributed by atoms with van der Waals surface area (Å²) >= 11 is 0. The van der Waals surface area contributed by atoms with Gasteiger partial charge in [-0.2, -0.15) is 0 Å². The van der Waals surface area contributed by atoms with Crippen LogP contribution in [0.15, 0.2) is 72.8 Å². The second-order valence-corrected chi connectivity index (χ2v) is 6.51. The highest BCUT2D eigenvalue weighted by Gasteiger charge is 2.36. The Hall–Kier alpha value is -3.40. The van der Waals surface area contributed by atoms with Gasteiger partial charge in [-0.05, 0) is 60.4 Å². The lowest BCUT2D eigenvalue weighted by molar-refractivity contribution is 0.0926. The molecule has 0 spiro atoms. The van der Waals surface area contributed by atoms with Crippen molar-refractivity contribution in [3.63, 3.8) is 0 Å². The fraction of sp³-hybridized carbons (Fsp3) is 0.130. The van der Waals surface area contributed by atoms with E-state index in [0.29, 0.717) is 16.8 Å². The Kier molecular flexibility index (Phi) is 4.47. The van der Waals surface area contributed by atoms with Gasteiger partial charge in [0.25, 0.3) is 11.8 Å². The van der Waals surface area contributed by atoms with Gasteiger partial charge in [0.05, 0.1) is 23.9 Å². The predicted molar refractivity (Wildman–Crippen MR) is 104 cm³/mol. The highest BCUT2D eigenvalue weighted by atomic mass is 16.5. The number of amides is 2. The van der Waals surface area contributed by atoms with E-state index in [1.54, 1.807) is 31.4 Å².